The number of aliphatic hydroxyl groups is 1. The molecule has 0 fully saturated rings. The molecule has 4 nitrogen and oxygen atoms in total. The van der Waals surface area contributed by atoms with Crippen LogP contribution in [0.2, 0.25) is 0 Å². The van der Waals surface area contributed by atoms with Gasteiger partial charge in [-0.3, -0.25) is 0 Å². The second-order valence-corrected chi connectivity index (χ2v) is 2.52. The van der Waals surface area contributed by atoms with E-state index in [9.17, 15) is 0 Å². The van der Waals surface area contributed by atoms with Crippen LogP contribution in [0.25, 0.3) is 0 Å². The Balaban J connectivity index is 2.81. The Kier molecular flexibility index (Phi) is 3.13. The zero-order chi connectivity index (χ0) is 8.97. The number of nitrogens with zero attached hydrogens (tertiary/aromatic N) is 2. The van der Waals surface area contributed by atoms with Gasteiger partial charge in [-0.25, -0.2) is 9.97 Å². The molecule has 0 aliphatic carbocycles. The molecule has 1 aromatic heterocycles. The topological polar surface area (TPSA) is 55.2 Å². The highest BCUT2D eigenvalue weighted by atomic mass is 16.5. The highest BCUT2D eigenvalue weighted by Gasteiger charge is 2.04. The molecule has 1 heterocycles. The number of hydrogen-bond donors (Lipinski definition) is 1. The largest absolute Gasteiger partial charge is 0.385 e. The molecule has 0 aliphatic heterocycles. The van der Waals surface area contributed by atoms with E-state index in [-0.39, 0.29) is 0 Å². The SMILES string of the molecule is COCc1ccnc(C(C)O)n1. The van der Waals surface area contributed by atoms with Gasteiger partial charge in [-0.1, -0.05) is 0 Å². The normalized spacial score (nSPS) is 12.9. The fourth-order valence-electron chi connectivity index (χ4n) is 0.842. The molecule has 0 spiro atoms. The van der Waals surface area contributed by atoms with Crippen LogP contribution in [0.3, 0.4) is 0 Å². The van der Waals surface area contributed by atoms with Gasteiger partial charge in [0.25, 0.3) is 0 Å². The molecule has 1 unspecified atom stereocenters. The average molecular weight is 168 g/mol. The number of rotatable bonds is 3. The molecule has 1 N–H and O–H groups in total. The van der Waals surface area contributed by atoms with Gasteiger partial charge in [0.15, 0.2) is 5.82 Å². The van der Waals surface area contributed by atoms with Gasteiger partial charge in [0.2, 0.25) is 0 Å². The minimum absolute atomic E-state index is 0.435. The van der Waals surface area contributed by atoms with Gasteiger partial charge in [0.1, 0.15) is 6.10 Å². The van der Waals surface area contributed by atoms with Crippen LogP contribution >= 0.6 is 0 Å². The first kappa shape index (κ1) is 9.09. The average Bonchev–Trinajstić information content (AvgIpc) is 2.05. The summed E-state index contributed by atoms with van der Waals surface area (Å²) in [5.41, 5.74) is 0.781. The summed E-state index contributed by atoms with van der Waals surface area (Å²) >= 11 is 0. The van der Waals surface area contributed by atoms with Gasteiger partial charge in [-0.15, -0.1) is 0 Å². The highest BCUT2D eigenvalue weighted by molar-refractivity contribution is 5.02. The minimum Gasteiger partial charge on any atom is -0.385 e. The van der Waals surface area contributed by atoms with Gasteiger partial charge in [0.05, 0.1) is 12.3 Å². The van der Waals surface area contributed by atoms with Gasteiger partial charge < -0.3 is 9.84 Å². The van der Waals surface area contributed by atoms with Crippen LogP contribution in [0.1, 0.15) is 24.5 Å². The Morgan fingerprint density at radius 3 is 3.00 bits per heavy atom. The van der Waals surface area contributed by atoms with Crippen molar-refractivity contribution < 1.29 is 9.84 Å². The molecule has 1 rings (SSSR count). The molecule has 66 valence electrons. The number of aliphatic hydroxyl groups excluding tert-OH is 1. The molecule has 0 amide bonds. The van der Waals surface area contributed by atoms with Crippen molar-refractivity contribution in [1.82, 2.24) is 9.97 Å². The van der Waals surface area contributed by atoms with Gasteiger partial charge in [-0.05, 0) is 13.0 Å². The summed E-state index contributed by atoms with van der Waals surface area (Å²) in [4.78, 5) is 7.98. The van der Waals surface area contributed by atoms with E-state index in [0.717, 1.165) is 5.69 Å². The molecule has 0 saturated carbocycles. The maximum Gasteiger partial charge on any atom is 0.156 e. The monoisotopic (exact) mass is 168 g/mol. The zero-order valence-electron chi connectivity index (χ0n) is 7.19. The lowest BCUT2D eigenvalue weighted by Gasteiger charge is -2.03. The van der Waals surface area contributed by atoms with E-state index < -0.39 is 6.10 Å². The molecule has 0 aliphatic rings. The van der Waals surface area contributed by atoms with Crippen molar-refractivity contribution in [2.75, 3.05) is 7.11 Å². The second kappa shape index (κ2) is 4.13. The number of hydrogen-bond acceptors (Lipinski definition) is 4. The van der Waals surface area contributed by atoms with Crippen LogP contribution in [-0.2, 0) is 11.3 Å². The third-order valence-corrected chi connectivity index (χ3v) is 1.40. The van der Waals surface area contributed by atoms with Crippen molar-refractivity contribution in [3.05, 3.63) is 23.8 Å². The third kappa shape index (κ3) is 2.25. The van der Waals surface area contributed by atoms with Gasteiger partial charge in [0, 0.05) is 13.3 Å². The van der Waals surface area contributed by atoms with Crippen LogP contribution < -0.4 is 0 Å². The molecule has 0 saturated heterocycles. The molecule has 1 atom stereocenters. The second-order valence-electron chi connectivity index (χ2n) is 2.52. The van der Waals surface area contributed by atoms with Crippen molar-refractivity contribution in [2.24, 2.45) is 0 Å². The Hall–Kier alpha value is -1.00. The fourth-order valence-corrected chi connectivity index (χ4v) is 0.842. The molecule has 12 heavy (non-hydrogen) atoms. The molecule has 1 aromatic rings. The van der Waals surface area contributed by atoms with E-state index in [4.69, 9.17) is 9.84 Å². The minimum atomic E-state index is -0.623. The van der Waals surface area contributed by atoms with E-state index in [2.05, 4.69) is 9.97 Å². The molecule has 0 bridgehead atoms. The summed E-state index contributed by atoms with van der Waals surface area (Å²) in [6.07, 6.45) is 0.991. The van der Waals surface area contributed by atoms with E-state index >= 15 is 0 Å². The third-order valence-electron chi connectivity index (χ3n) is 1.40. The lowest BCUT2D eigenvalue weighted by molar-refractivity contribution is 0.174. The van der Waals surface area contributed by atoms with Crippen LogP contribution in [-0.4, -0.2) is 22.2 Å². The van der Waals surface area contributed by atoms with Crippen LogP contribution in [0.4, 0.5) is 0 Å². The molecular weight excluding hydrogens is 156 g/mol. The van der Waals surface area contributed by atoms with Gasteiger partial charge in [-0.2, -0.15) is 0 Å². The highest BCUT2D eigenvalue weighted by Crippen LogP contribution is 2.05. The van der Waals surface area contributed by atoms with Crippen molar-refractivity contribution in [2.45, 2.75) is 19.6 Å². The Bertz CT molecular complexity index is 251. The Morgan fingerprint density at radius 2 is 2.42 bits per heavy atom. The lowest BCUT2D eigenvalue weighted by Crippen LogP contribution is -2.02. The van der Waals surface area contributed by atoms with Crippen molar-refractivity contribution >= 4 is 0 Å². The van der Waals surface area contributed by atoms with E-state index in [1.165, 1.54) is 0 Å². The van der Waals surface area contributed by atoms with Crippen molar-refractivity contribution in [3.8, 4) is 0 Å². The fraction of sp³-hybridized carbons (Fsp3) is 0.500. The maximum atomic E-state index is 9.15. The standard InChI is InChI=1S/C8H12N2O2/c1-6(11)8-9-4-3-7(10-8)5-12-2/h3-4,6,11H,5H2,1-2H3. The smallest absolute Gasteiger partial charge is 0.156 e. The maximum absolute atomic E-state index is 9.15. The summed E-state index contributed by atoms with van der Waals surface area (Å²) in [6.45, 7) is 2.08. The summed E-state index contributed by atoms with van der Waals surface area (Å²) in [5, 5.41) is 9.15. The summed E-state index contributed by atoms with van der Waals surface area (Å²) in [7, 11) is 1.60. The Morgan fingerprint density at radius 1 is 1.67 bits per heavy atom. The van der Waals surface area contributed by atoms with Crippen LogP contribution in [0.15, 0.2) is 12.3 Å². The summed E-state index contributed by atoms with van der Waals surface area (Å²) in [5.74, 6) is 0.435. The predicted octanol–water partition coefficient (Wildman–Crippen LogP) is 0.676. The van der Waals surface area contributed by atoms with Crippen LogP contribution in [0.5, 0.6) is 0 Å². The van der Waals surface area contributed by atoms with Gasteiger partial charge >= 0.3 is 0 Å². The number of aromatic nitrogens is 2. The van der Waals surface area contributed by atoms with Crippen molar-refractivity contribution in [3.63, 3.8) is 0 Å². The molecule has 0 aromatic carbocycles. The zero-order valence-corrected chi connectivity index (χ0v) is 7.19. The Labute approximate surface area is 71.2 Å². The first-order chi connectivity index (χ1) is 5.74. The first-order valence-electron chi connectivity index (χ1n) is 3.73. The van der Waals surface area contributed by atoms with Crippen LogP contribution in [0, 0.1) is 0 Å². The summed E-state index contributed by atoms with van der Waals surface area (Å²) in [6, 6.07) is 1.76. The number of methoxy groups -OCH3 is 1. The number of ether oxygens (including phenoxy) is 1. The quantitative estimate of drug-likeness (QED) is 0.721. The molecule has 4 heteroatoms. The van der Waals surface area contributed by atoms with E-state index in [0.29, 0.717) is 12.4 Å². The van der Waals surface area contributed by atoms with Crippen molar-refractivity contribution in [1.29, 1.82) is 0 Å². The molecular formula is C8H12N2O2. The first-order valence-corrected chi connectivity index (χ1v) is 3.73. The summed E-state index contributed by atoms with van der Waals surface area (Å²) < 4.78 is 4.89. The van der Waals surface area contributed by atoms with E-state index in [1.54, 1.807) is 26.3 Å². The molecule has 0 radical (unpaired) electrons. The predicted molar refractivity (Wildman–Crippen MR) is 43.4 cm³/mol. The lowest BCUT2D eigenvalue weighted by atomic mass is 10.3. The van der Waals surface area contributed by atoms with E-state index in [1.807, 2.05) is 0 Å².